The lowest BCUT2D eigenvalue weighted by molar-refractivity contribution is -0.117. The molecule has 1 fully saturated rings. The Balaban J connectivity index is 1.48. The second-order valence-electron chi connectivity index (χ2n) is 8.78. The van der Waals surface area contributed by atoms with Gasteiger partial charge in [0.25, 0.3) is 5.56 Å². The molecule has 4 heterocycles. The smallest absolute Gasteiger partial charge is 0.262 e. The third-order valence-corrected chi connectivity index (χ3v) is 6.45. The summed E-state index contributed by atoms with van der Waals surface area (Å²) in [6, 6.07) is 9.27. The van der Waals surface area contributed by atoms with Crippen LogP contribution in [0.2, 0.25) is 5.02 Å². The summed E-state index contributed by atoms with van der Waals surface area (Å²) in [5.74, 6) is 1.32. The quantitative estimate of drug-likeness (QED) is 0.310. The van der Waals surface area contributed by atoms with Crippen LogP contribution < -0.4 is 15.2 Å². The highest BCUT2D eigenvalue weighted by Crippen LogP contribution is 2.28. The van der Waals surface area contributed by atoms with Gasteiger partial charge in [-0.05, 0) is 30.5 Å². The number of fused-ring (bicyclic) bond motifs is 1. The van der Waals surface area contributed by atoms with Crippen molar-refractivity contribution >= 4 is 29.0 Å². The van der Waals surface area contributed by atoms with Crippen LogP contribution >= 0.6 is 11.6 Å². The van der Waals surface area contributed by atoms with E-state index in [4.69, 9.17) is 16.3 Å². The first-order chi connectivity index (χ1) is 17.5. The van der Waals surface area contributed by atoms with Crippen molar-refractivity contribution in [2.24, 2.45) is 0 Å². The number of rotatable bonds is 9. The minimum Gasteiger partial charge on any atom is -0.469 e. The third kappa shape index (κ3) is 4.97. The van der Waals surface area contributed by atoms with Gasteiger partial charge >= 0.3 is 0 Å². The zero-order valence-corrected chi connectivity index (χ0v) is 20.8. The van der Waals surface area contributed by atoms with Crippen LogP contribution in [-0.4, -0.2) is 36.4 Å². The van der Waals surface area contributed by atoms with Crippen LogP contribution in [0.5, 0.6) is 5.88 Å². The Kier molecular flexibility index (Phi) is 6.99. The Bertz CT molecular complexity index is 1430. The van der Waals surface area contributed by atoms with Gasteiger partial charge < -0.3 is 14.2 Å². The lowest BCUT2D eigenvalue weighted by Gasteiger charge is -2.16. The van der Waals surface area contributed by atoms with E-state index in [1.54, 1.807) is 4.40 Å². The van der Waals surface area contributed by atoms with E-state index in [2.05, 4.69) is 26.4 Å². The predicted molar refractivity (Wildman–Crippen MR) is 137 cm³/mol. The van der Waals surface area contributed by atoms with E-state index in [0.717, 1.165) is 49.2 Å². The van der Waals surface area contributed by atoms with Crippen molar-refractivity contribution in [1.29, 1.82) is 0 Å². The summed E-state index contributed by atoms with van der Waals surface area (Å²) in [6.45, 7) is 3.68. The zero-order valence-electron chi connectivity index (χ0n) is 20.1. The van der Waals surface area contributed by atoms with Gasteiger partial charge in [-0.1, -0.05) is 43.5 Å². The first-order valence-corrected chi connectivity index (χ1v) is 12.5. The summed E-state index contributed by atoms with van der Waals surface area (Å²) in [7, 11) is 0. The van der Waals surface area contributed by atoms with E-state index in [9.17, 15) is 9.59 Å². The van der Waals surface area contributed by atoms with Crippen LogP contribution in [0, 0.1) is 0 Å². The van der Waals surface area contributed by atoms with E-state index in [1.165, 1.54) is 18.5 Å². The zero-order chi connectivity index (χ0) is 25.1. The molecule has 0 bridgehead atoms. The number of anilines is 1. The van der Waals surface area contributed by atoms with Crippen LogP contribution in [-0.2, 0) is 17.9 Å². The van der Waals surface area contributed by atoms with E-state index in [1.807, 2.05) is 35.4 Å². The number of benzene rings is 1. The number of hydrogen-bond acceptors (Lipinski definition) is 6. The van der Waals surface area contributed by atoms with Crippen molar-refractivity contribution in [3.05, 3.63) is 70.1 Å². The molecule has 0 unspecified atom stereocenters. The molecule has 0 atom stereocenters. The number of halogens is 1. The maximum atomic E-state index is 13.0. The van der Waals surface area contributed by atoms with Gasteiger partial charge in [0.05, 0.1) is 16.8 Å². The number of amides is 1. The number of hydrogen-bond donors (Lipinski definition) is 0. The van der Waals surface area contributed by atoms with Crippen molar-refractivity contribution in [1.82, 2.24) is 23.9 Å². The Morgan fingerprint density at radius 3 is 2.56 bits per heavy atom. The van der Waals surface area contributed by atoms with Crippen LogP contribution in [0.15, 0.2) is 53.7 Å². The van der Waals surface area contributed by atoms with Crippen molar-refractivity contribution < 1.29 is 9.53 Å². The molecule has 1 aliphatic rings. The van der Waals surface area contributed by atoms with Gasteiger partial charge in [-0.15, -0.1) is 0 Å². The van der Waals surface area contributed by atoms with Crippen molar-refractivity contribution in [2.75, 3.05) is 11.4 Å². The van der Waals surface area contributed by atoms with Crippen molar-refractivity contribution in [3.63, 3.8) is 0 Å². The summed E-state index contributed by atoms with van der Waals surface area (Å²) in [4.78, 5) is 39.8. The first-order valence-electron chi connectivity index (χ1n) is 12.2. The number of ether oxygens (including phenoxy) is 1. The van der Waals surface area contributed by atoms with Gasteiger partial charge in [-0.25, -0.2) is 9.97 Å². The molecule has 1 aliphatic heterocycles. The number of carbonyl (C=O) groups excluding carboxylic acids is 1. The number of aromatic nitrogens is 5. The Morgan fingerprint density at radius 2 is 1.86 bits per heavy atom. The number of imidazole rings is 1. The van der Waals surface area contributed by atoms with E-state index in [-0.39, 0.29) is 24.0 Å². The third-order valence-electron chi connectivity index (χ3n) is 6.25. The highest BCUT2D eigenvalue weighted by Gasteiger charge is 2.22. The largest absolute Gasteiger partial charge is 0.469 e. The molecular weight excluding hydrogens is 480 g/mol. The highest BCUT2D eigenvalue weighted by atomic mass is 35.5. The molecule has 1 aromatic carbocycles. The van der Waals surface area contributed by atoms with E-state index >= 15 is 0 Å². The maximum absolute atomic E-state index is 13.0. The average molecular weight is 507 g/mol. The Hall–Kier alpha value is -3.72. The standard InChI is InChI=1S/C26H27ClN6O3/c1-2-3-4-11-32-21(18-7-9-20(10-8-18)31-12-5-6-24(31)34)16-33-25(35)13-23(30-26(32)33)36-17-22-28-14-19(27)15-29-22/h7-10,13-16H,2-6,11-12,17H2,1H3. The van der Waals surface area contributed by atoms with E-state index in [0.29, 0.717) is 29.6 Å². The van der Waals surface area contributed by atoms with Crippen LogP contribution in [0.4, 0.5) is 5.69 Å². The SMILES string of the molecule is CCCCCn1c(-c2ccc(N3CCCC3=O)cc2)cn2c(=O)cc(OCc3ncc(Cl)cn3)nc12. The van der Waals surface area contributed by atoms with E-state index < -0.39 is 0 Å². The number of aryl methyl sites for hydroxylation is 1. The molecule has 3 aromatic heterocycles. The van der Waals surface area contributed by atoms with Gasteiger partial charge in [0.2, 0.25) is 17.6 Å². The van der Waals surface area contributed by atoms with Gasteiger partial charge in [-0.2, -0.15) is 4.98 Å². The van der Waals surface area contributed by atoms with Gasteiger partial charge in [0, 0.05) is 43.8 Å². The normalized spacial score (nSPS) is 13.6. The highest BCUT2D eigenvalue weighted by molar-refractivity contribution is 6.30. The van der Waals surface area contributed by atoms with Gasteiger partial charge in [0.15, 0.2) is 5.82 Å². The molecule has 1 amide bonds. The van der Waals surface area contributed by atoms with Crippen LogP contribution in [0.3, 0.4) is 0 Å². The number of carbonyl (C=O) groups is 1. The fourth-order valence-corrected chi connectivity index (χ4v) is 4.50. The van der Waals surface area contributed by atoms with Crippen LogP contribution in [0.1, 0.15) is 44.9 Å². The summed E-state index contributed by atoms with van der Waals surface area (Å²) in [5, 5.41) is 0.439. The summed E-state index contributed by atoms with van der Waals surface area (Å²) in [5.41, 5.74) is 2.49. The number of nitrogens with zero attached hydrogens (tertiary/aromatic N) is 6. The summed E-state index contributed by atoms with van der Waals surface area (Å²) in [6.07, 6.45) is 9.38. The van der Waals surface area contributed by atoms with Crippen molar-refractivity contribution in [3.8, 4) is 17.1 Å². The number of unbranched alkanes of at least 4 members (excludes halogenated alkanes) is 2. The van der Waals surface area contributed by atoms with Crippen molar-refractivity contribution in [2.45, 2.75) is 52.2 Å². The minimum atomic E-state index is -0.234. The molecule has 0 spiro atoms. The molecule has 0 radical (unpaired) electrons. The Morgan fingerprint density at radius 1 is 1.08 bits per heavy atom. The van der Waals surface area contributed by atoms with Gasteiger partial charge in [-0.3, -0.25) is 14.0 Å². The molecule has 9 nitrogen and oxygen atoms in total. The summed E-state index contributed by atoms with van der Waals surface area (Å²) < 4.78 is 9.36. The first kappa shape index (κ1) is 24.0. The monoisotopic (exact) mass is 506 g/mol. The second kappa shape index (κ2) is 10.5. The maximum Gasteiger partial charge on any atom is 0.262 e. The predicted octanol–water partition coefficient (Wildman–Crippen LogP) is 4.50. The second-order valence-corrected chi connectivity index (χ2v) is 9.21. The average Bonchev–Trinajstić information content (AvgIpc) is 3.48. The molecule has 36 heavy (non-hydrogen) atoms. The minimum absolute atomic E-state index is 0.0693. The fourth-order valence-electron chi connectivity index (χ4n) is 4.40. The molecule has 4 aromatic rings. The molecule has 5 rings (SSSR count). The van der Waals surface area contributed by atoms with Crippen LogP contribution in [0.25, 0.3) is 17.0 Å². The molecule has 0 aliphatic carbocycles. The fraction of sp³-hybridized carbons (Fsp3) is 0.346. The lowest BCUT2D eigenvalue weighted by Crippen LogP contribution is -2.23. The molecule has 0 saturated carbocycles. The topological polar surface area (TPSA) is 94.6 Å². The molecule has 186 valence electrons. The molecule has 1 saturated heterocycles. The molecular formula is C26H27ClN6O3. The molecule has 10 heteroatoms. The lowest BCUT2D eigenvalue weighted by atomic mass is 10.1. The van der Waals surface area contributed by atoms with Gasteiger partial charge in [0.1, 0.15) is 6.61 Å². The molecule has 0 N–H and O–H groups in total. The summed E-state index contributed by atoms with van der Waals surface area (Å²) >= 11 is 5.84. The Labute approximate surface area is 213 Å².